The Kier molecular flexibility index (Phi) is 16.0. The maximum atomic E-state index is 12.6. The Hall–Kier alpha value is -6.53. The number of hydrogen-bond acceptors (Lipinski definition) is 12. The van der Waals surface area contributed by atoms with Crippen LogP contribution in [0.3, 0.4) is 0 Å². The molecule has 0 aliphatic heterocycles. The number of hydrogen-bond donors (Lipinski definition) is 0. The average Bonchev–Trinajstić information content (AvgIpc) is 3.19. The topological polar surface area (TPSA) is 141 Å². The van der Waals surface area contributed by atoms with Crippen LogP contribution >= 0.6 is 0 Å². The monoisotopic (exact) mass is 720 g/mol. The van der Waals surface area contributed by atoms with E-state index in [2.05, 4.69) is 23.4 Å². The average molecular weight is 721 g/mol. The van der Waals surface area contributed by atoms with E-state index in [1.807, 2.05) is 0 Å². The molecule has 0 aliphatic carbocycles. The summed E-state index contributed by atoms with van der Waals surface area (Å²) in [4.78, 5) is 45.8. The van der Waals surface area contributed by atoms with Crippen molar-refractivity contribution >= 4 is 30.3 Å². The van der Waals surface area contributed by atoms with Gasteiger partial charge < -0.3 is 28.6 Å². The first-order valence-corrected chi connectivity index (χ1v) is 16.7. The second-order valence-corrected chi connectivity index (χ2v) is 11.1. The number of ether oxygens (including phenoxy) is 5. The SMILES string of the molecule is C=CC(=O)OCCCCCCOc1ccc(C(=O)Oc2ccc(/C=N/N=C/c3ccc(OOCc4ccc(OC(=O)C=C)cc4)c(OC)c3)cc2)cc1. The molecular formula is C41H40N2O10. The third-order valence-corrected chi connectivity index (χ3v) is 7.25. The van der Waals surface area contributed by atoms with E-state index < -0.39 is 17.9 Å². The van der Waals surface area contributed by atoms with Crippen molar-refractivity contribution in [1.29, 1.82) is 0 Å². The highest BCUT2D eigenvalue weighted by Crippen LogP contribution is 2.28. The summed E-state index contributed by atoms with van der Waals surface area (Å²) in [5.41, 5.74) is 2.67. The summed E-state index contributed by atoms with van der Waals surface area (Å²) in [5.74, 6) is 0.828. The maximum Gasteiger partial charge on any atom is 0.343 e. The lowest BCUT2D eigenvalue weighted by Gasteiger charge is -2.10. The van der Waals surface area contributed by atoms with Gasteiger partial charge in [-0.3, -0.25) is 0 Å². The third-order valence-electron chi connectivity index (χ3n) is 7.25. The number of unbranched alkanes of at least 4 members (excludes halogenated alkanes) is 3. The van der Waals surface area contributed by atoms with Gasteiger partial charge in [-0.1, -0.05) is 25.3 Å². The number of esters is 3. The Morgan fingerprint density at radius 2 is 1.25 bits per heavy atom. The molecule has 0 radical (unpaired) electrons. The van der Waals surface area contributed by atoms with Crippen LogP contribution in [0.25, 0.3) is 0 Å². The molecule has 0 amide bonds. The first kappa shape index (κ1) is 39.3. The molecule has 0 unspecified atom stereocenters. The summed E-state index contributed by atoms with van der Waals surface area (Å²) in [6.45, 7) is 7.82. The van der Waals surface area contributed by atoms with E-state index in [-0.39, 0.29) is 6.61 Å². The highest BCUT2D eigenvalue weighted by atomic mass is 17.2. The summed E-state index contributed by atoms with van der Waals surface area (Å²) < 4.78 is 26.7. The fourth-order valence-electron chi connectivity index (χ4n) is 4.46. The number of rotatable bonds is 21. The van der Waals surface area contributed by atoms with Gasteiger partial charge in [-0.05, 0) is 121 Å². The Morgan fingerprint density at radius 3 is 1.92 bits per heavy atom. The summed E-state index contributed by atoms with van der Waals surface area (Å²) in [5, 5.41) is 8.20. The van der Waals surface area contributed by atoms with Crippen LogP contribution in [0.1, 0.15) is 52.7 Å². The van der Waals surface area contributed by atoms with Gasteiger partial charge >= 0.3 is 17.9 Å². The van der Waals surface area contributed by atoms with Crippen molar-refractivity contribution in [3.05, 3.63) is 139 Å². The fraction of sp³-hybridized carbons (Fsp3) is 0.195. The van der Waals surface area contributed by atoms with Gasteiger partial charge in [0.1, 0.15) is 23.9 Å². The largest absolute Gasteiger partial charge is 0.494 e. The van der Waals surface area contributed by atoms with Crippen LogP contribution in [0.2, 0.25) is 0 Å². The standard InChI is InChI=1S/C41H40N2O10/c1-4-39(44)49-25-9-7-6-8-24-48-34-21-15-33(16-22-34)41(46)52-36-17-10-30(11-18-36)27-42-43-28-32-14-23-37(38(26-32)47-3)53-50-29-31-12-19-35(20-13-31)51-40(45)5-2/h4-5,10-23,26-28H,1-2,6-9,24-25,29H2,3H3/b42-27+,43-28+. The highest BCUT2D eigenvalue weighted by molar-refractivity contribution is 5.91. The quantitative estimate of drug-likeness (QED) is 0.0160. The smallest absolute Gasteiger partial charge is 0.343 e. The number of methoxy groups -OCH3 is 1. The summed E-state index contributed by atoms with van der Waals surface area (Å²) in [6.07, 6.45) is 8.92. The third kappa shape index (κ3) is 14.0. The van der Waals surface area contributed by atoms with Gasteiger partial charge in [0.25, 0.3) is 0 Å². The van der Waals surface area contributed by atoms with E-state index >= 15 is 0 Å². The second kappa shape index (κ2) is 21.6. The minimum atomic E-state index is -0.535. The van der Waals surface area contributed by atoms with Gasteiger partial charge in [0.15, 0.2) is 5.75 Å². The molecular weight excluding hydrogens is 680 g/mol. The van der Waals surface area contributed by atoms with Gasteiger partial charge in [-0.15, -0.1) is 0 Å². The summed E-state index contributed by atoms with van der Waals surface area (Å²) >= 11 is 0. The molecule has 0 bridgehead atoms. The van der Waals surface area contributed by atoms with E-state index in [1.165, 1.54) is 7.11 Å². The van der Waals surface area contributed by atoms with Crippen LogP contribution < -0.4 is 23.8 Å². The molecule has 0 fully saturated rings. The van der Waals surface area contributed by atoms with Gasteiger partial charge in [-0.25, -0.2) is 14.4 Å². The Labute approximate surface area is 307 Å². The van der Waals surface area contributed by atoms with E-state index in [0.717, 1.165) is 54.5 Å². The normalized spacial score (nSPS) is 10.8. The molecule has 0 heterocycles. The molecule has 0 atom stereocenters. The fourth-order valence-corrected chi connectivity index (χ4v) is 4.46. The number of carbonyl (C=O) groups excluding carboxylic acids is 3. The zero-order chi connectivity index (χ0) is 37.7. The van der Waals surface area contributed by atoms with Gasteiger partial charge in [0, 0.05) is 12.2 Å². The number of benzene rings is 4. The van der Waals surface area contributed by atoms with Gasteiger partial charge in [0.05, 0.1) is 38.3 Å². The zero-order valence-electron chi connectivity index (χ0n) is 29.3. The molecule has 4 aromatic carbocycles. The molecule has 0 saturated carbocycles. The second-order valence-electron chi connectivity index (χ2n) is 11.1. The van der Waals surface area contributed by atoms with Crippen LogP contribution in [0, 0.1) is 0 Å². The zero-order valence-corrected chi connectivity index (χ0v) is 29.3. The van der Waals surface area contributed by atoms with Crippen molar-refractivity contribution in [1.82, 2.24) is 0 Å². The first-order chi connectivity index (χ1) is 25.9. The number of nitrogens with zero attached hydrogens (tertiary/aromatic N) is 2. The van der Waals surface area contributed by atoms with Crippen molar-refractivity contribution in [2.45, 2.75) is 32.3 Å². The minimum Gasteiger partial charge on any atom is -0.494 e. The van der Waals surface area contributed by atoms with Crippen molar-refractivity contribution in [2.24, 2.45) is 10.2 Å². The molecule has 4 aromatic rings. The minimum absolute atomic E-state index is 0.146. The summed E-state index contributed by atoms with van der Waals surface area (Å²) in [6, 6.07) is 25.6. The van der Waals surface area contributed by atoms with Gasteiger partial charge in [-0.2, -0.15) is 15.1 Å². The van der Waals surface area contributed by atoms with Crippen molar-refractivity contribution < 1.29 is 47.8 Å². The lowest BCUT2D eigenvalue weighted by molar-refractivity contribution is -0.218. The molecule has 0 spiro atoms. The van der Waals surface area contributed by atoms with Gasteiger partial charge in [0.2, 0.25) is 5.75 Å². The van der Waals surface area contributed by atoms with Crippen molar-refractivity contribution in [3.63, 3.8) is 0 Å². The molecule has 12 nitrogen and oxygen atoms in total. The van der Waals surface area contributed by atoms with Crippen LogP contribution in [-0.2, 0) is 25.8 Å². The van der Waals surface area contributed by atoms with Crippen LogP contribution in [0.5, 0.6) is 28.7 Å². The van der Waals surface area contributed by atoms with E-state index in [0.29, 0.717) is 47.5 Å². The highest BCUT2D eigenvalue weighted by Gasteiger charge is 2.10. The van der Waals surface area contributed by atoms with E-state index in [9.17, 15) is 14.4 Å². The maximum absolute atomic E-state index is 12.6. The molecule has 53 heavy (non-hydrogen) atoms. The van der Waals surface area contributed by atoms with E-state index in [4.69, 9.17) is 33.5 Å². The molecule has 0 aromatic heterocycles. The first-order valence-electron chi connectivity index (χ1n) is 16.7. The van der Waals surface area contributed by atoms with Crippen LogP contribution in [0.4, 0.5) is 0 Å². The summed E-state index contributed by atoms with van der Waals surface area (Å²) in [7, 11) is 1.51. The molecule has 0 saturated heterocycles. The molecule has 4 rings (SSSR count). The van der Waals surface area contributed by atoms with Crippen LogP contribution in [0.15, 0.2) is 127 Å². The van der Waals surface area contributed by atoms with Crippen molar-refractivity contribution in [3.8, 4) is 28.7 Å². The Balaban J connectivity index is 1.16. The predicted molar refractivity (Wildman–Crippen MR) is 199 cm³/mol. The molecule has 274 valence electrons. The lowest BCUT2D eigenvalue weighted by Crippen LogP contribution is -2.08. The number of carbonyl (C=O) groups is 3. The van der Waals surface area contributed by atoms with Crippen molar-refractivity contribution in [2.75, 3.05) is 20.3 Å². The molecule has 0 N–H and O–H groups in total. The van der Waals surface area contributed by atoms with E-state index in [1.54, 1.807) is 103 Å². The Bertz CT molecular complexity index is 1870. The molecule has 12 heteroatoms. The van der Waals surface area contributed by atoms with Crippen LogP contribution in [-0.4, -0.2) is 50.7 Å². The predicted octanol–water partition coefficient (Wildman–Crippen LogP) is 7.64. The lowest BCUT2D eigenvalue weighted by atomic mass is 10.2. The molecule has 0 aliphatic rings. The Morgan fingerprint density at radius 1 is 0.642 bits per heavy atom.